The molecule has 166 valence electrons. The quantitative estimate of drug-likeness (QED) is 0.592. The first-order chi connectivity index (χ1) is 15.6. The first-order valence-corrected chi connectivity index (χ1v) is 10.9. The molecular formula is C22H25N7O3. The van der Waals surface area contributed by atoms with Gasteiger partial charge < -0.3 is 19.9 Å². The largest absolute Gasteiger partial charge is 0.378 e. The van der Waals surface area contributed by atoms with Crippen LogP contribution in [0.2, 0.25) is 0 Å². The van der Waals surface area contributed by atoms with Crippen molar-refractivity contribution in [1.29, 1.82) is 0 Å². The number of rotatable bonds is 7. The molecule has 2 fully saturated rings. The summed E-state index contributed by atoms with van der Waals surface area (Å²) in [6.07, 6.45) is 4.88. The second-order valence-corrected chi connectivity index (χ2v) is 8.29. The fraction of sp³-hybridized carbons (Fsp3) is 0.455. The van der Waals surface area contributed by atoms with E-state index in [1.165, 1.54) is 12.8 Å². The van der Waals surface area contributed by atoms with E-state index >= 15 is 0 Å². The summed E-state index contributed by atoms with van der Waals surface area (Å²) in [7, 11) is 0. The Labute approximate surface area is 185 Å². The lowest BCUT2D eigenvalue weighted by Crippen LogP contribution is -2.41. The lowest BCUT2D eigenvalue weighted by Gasteiger charge is -2.31. The van der Waals surface area contributed by atoms with E-state index in [1.54, 1.807) is 4.90 Å². The smallest absolute Gasteiger partial charge is 0.316 e. The van der Waals surface area contributed by atoms with Crippen LogP contribution in [-0.4, -0.2) is 61.7 Å². The van der Waals surface area contributed by atoms with E-state index in [0.717, 1.165) is 30.9 Å². The minimum Gasteiger partial charge on any atom is -0.378 e. The fourth-order valence-corrected chi connectivity index (χ4v) is 3.71. The van der Waals surface area contributed by atoms with Crippen LogP contribution in [0, 0.1) is 5.92 Å². The van der Waals surface area contributed by atoms with Crippen molar-refractivity contribution in [3.63, 3.8) is 0 Å². The van der Waals surface area contributed by atoms with Crippen LogP contribution in [0.25, 0.3) is 11.6 Å². The van der Waals surface area contributed by atoms with Gasteiger partial charge in [0.1, 0.15) is 5.82 Å². The summed E-state index contributed by atoms with van der Waals surface area (Å²) < 4.78 is 11.2. The Morgan fingerprint density at radius 3 is 2.56 bits per heavy atom. The molecule has 0 unspecified atom stereocenters. The van der Waals surface area contributed by atoms with Crippen LogP contribution >= 0.6 is 0 Å². The predicted molar refractivity (Wildman–Crippen MR) is 114 cm³/mol. The van der Waals surface area contributed by atoms with E-state index in [0.29, 0.717) is 25.3 Å². The second-order valence-electron chi connectivity index (χ2n) is 8.29. The van der Waals surface area contributed by atoms with Crippen LogP contribution in [0.15, 0.2) is 34.9 Å². The number of nitrogens with zero attached hydrogens (tertiary/aromatic N) is 6. The van der Waals surface area contributed by atoms with Crippen molar-refractivity contribution < 1.29 is 14.1 Å². The van der Waals surface area contributed by atoms with E-state index in [2.05, 4.69) is 25.1 Å². The molecule has 2 aromatic heterocycles. The third kappa shape index (κ3) is 4.91. The van der Waals surface area contributed by atoms with Crippen molar-refractivity contribution in [3.8, 4) is 11.6 Å². The summed E-state index contributed by atoms with van der Waals surface area (Å²) in [4.78, 5) is 31.5. The molecule has 1 saturated heterocycles. The Morgan fingerprint density at radius 1 is 1.03 bits per heavy atom. The maximum Gasteiger partial charge on any atom is 0.316 e. The summed E-state index contributed by atoms with van der Waals surface area (Å²) in [5.74, 6) is 1.20. The van der Waals surface area contributed by atoms with Crippen LogP contribution in [-0.2, 0) is 11.2 Å². The third-order valence-corrected chi connectivity index (χ3v) is 5.71. The lowest BCUT2D eigenvalue weighted by atomic mass is 10.1. The molecule has 2 aliphatic rings. The summed E-state index contributed by atoms with van der Waals surface area (Å²) in [6.45, 7) is 2.05. The number of anilines is 1. The topological polar surface area (TPSA) is 133 Å². The van der Waals surface area contributed by atoms with Gasteiger partial charge in [-0.25, -0.2) is 4.98 Å². The second kappa shape index (κ2) is 8.99. The number of piperidine rings is 1. The highest BCUT2D eigenvalue weighted by Gasteiger charge is 2.29. The number of aromatic nitrogens is 5. The fourth-order valence-electron chi connectivity index (χ4n) is 3.71. The van der Waals surface area contributed by atoms with E-state index in [9.17, 15) is 4.79 Å². The molecule has 5 rings (SSSR count). The molecule has 10 nitrogen and oxygen atoms in total. The Morgan fingerprint density at radius 2 is 1.81 bits per heavy atom. The maximum absolute atomic E-state index is 12.8. The average molecular weight is 435 g/mol. The first kappa shape index (κ1) is 20.5. The van der Waals surface area contributed by atoms with E-state index in [1.807, 2.05) is 30.3 Å². The normalized spacial score (nSPS) is 16.9. The number of likely N-dealkylation sites (tertiary alicyclic amines) is 1. The van der Waals surface area contributed by atoms with Gasteiger partial charge in [0.2, 0.25) is 17.6 Å². The van der Waals surface area contributed by atoms with Crippen LogP contribution in [0.5, 0.6) is 0 Å². The van der Waals surface area contributed by atoms with Gasteiger partial charge in [-0.05, 0) is 37.2 Å². The minimum absolute atomic E-state index is 0.0619. The van der Waals surface area contributed by atoms with Gasteiger partial charge in [-0.15, -0.1) is 0 Å². The average Bonchev–Trinajstić information content (AvgIpc) is 3.51. The molecule has 1 aliphatic heterocycles. The van der Waals surface area contributed by atoms with Gasteiger partial charge in [0.15, 0.2) is 0 Å². The van der Waals surface area contributed by atoms with Crippen molar-refractivity contribution in [2.45, 2.75) is 38.2 Å². The van der Waals surface area contributed by atoms with E-state index < -0.39 is 0 Å². The highest BCUT2D eigenvalue weighted by Crippen LogP contribution is 2.30. The first-order valence-electron chi connectivity index (χ1n) is 10.9. The van der Waals surface area contributed by atoms with Crippen molar-refractivity contribution >= 4 is 11.9 Å². The Bertz CT molecular complexity index is 1080. The third-order valence-electron chi connectivity index (χ3n) is 5.71. The molecule has 1 amide bonds. The molecular weight excluding hydrogens is 410 g/mol. The van der Waals surface area contributed by atoms with Gasteiger partial charge in [-0.3, -0.25) is 4.79 Å². The van der Waals surface area contributed by atoms with Gasteiger partial charge in [0, 0.05) is 26.1 Å². The number of hydrogen-bond donors (Lipinski definition) is 1. The molecule has 32 heavy (non-hydrogen) atoms. The number of carbonyl (C=O) groups excluding carboxylic acids is 1. The highest BCUT2D eigenvalue weighted by molar-refractivity contribution is 5.90. The molecule has 2 N–H and O–H groups in total. The molecule has 0 spiro atoms. The van der Waals surface area contributed by atoms with Crippen molar-refractivity contribution in [1.82, 2.24) is 30.0 Å². The van der Waals surface area contributed by atoms with Crippen molar-refractivity contribution in [2.24, 2.45) is 5.92 Å². The molecule has 0 radical (unpaired) electrons. The standard InChI is InChI=1S/C22H25N7O3/c23-22-25-17(12-14-4-2-1-3-5-14)24-18(27-22)19-26-20(32-28-19)21(30)29-10-8-16(9-11-29)31-13-15-6-7-15/h1-5,15-16H,6-13H2,(H2,23,24,25,27). The van der Waals surface area contributed by atoms with Crippen LogP contribution in [0.4, 0.5) is 5.95 Å². The monoisotopic (exact) mass is 435 g/mol. The predicted octanol–water partition coefficient (Wildman–Crippen LogP) is 2.13. The summed E-state index contributed by atoms with van der Waals surface area (Å²) in [6, 6.07) is 9.79. The molecule has 3 heterocycles. The number of ether oxygens (including phenoxy) is 1. The summed E-state index contributed by atoms with van der Waals surface area (Å²) in [5.41, 5.74) is 6.90. The van der Waals surface area contributed by atoms with E-state index in [4.69, 9.17) is 15.0 Å². The number of nitrogens with two attached hydrogens (primary N) is 1. The highest BCUT2D eigenvalue weighted by atomic mass is 16.5. The number of hydrogen-bond acceptors (Lipinski definition) is 9. The number of carbonyl (C=O) groups is 1. The molecule has 1 aromatic carbocycles. The molecule has 0 atom stereocenters. The maximum atomic E-state index is 12.8. The van der Waals surface area contributed by atoms with Gasteiger partial charge in [0.05, 0.1) is 6.10 Å². The van der Waals surface area contributed by atoms with E-state index in [-0.39, 0.29) is 35.5 Å². The molecule has 0 bridgehead atoms. The minimum atomic E-state index is -0.295. The molecule has 1 saturated carbocycles. The van der Waals surface area contributed by atoms with Crippen LogP contribution < -0.4 is 5.73 Å². The molecule has 1 aliphatic carbocycles. The Balaban J connectivity index is 1.24. The summed E-state index contributed by atoms with van der Waals surface area (Å²) in [5, 5.41) is 3.90. The zero-order chi connectivity index (χ0) is 21.9. The molecule has 10 heteroatoms. The number of benzene rings is 1. The Hall–Kier alpha value is -3.40. The lowest BCUT2D eigenvalue weighted by molar-refractivity contribution is 0.00301. The van der Waals surface area contributed by atoms with Gasteiger partial charge in [-0.2, -0.15) is 15.0 Å². The number of nitrogen functional groups attached to an aromatic ring is 1. The van der Waals surface area contributed by atoms with Gasteiger partial charge in [0.25, 0.3) is 0 Å². The zero-order valence-electron chi connectivity index (χ0n) is 17.7. The van der Waals surface area contributed by atoms with Crippen molar-refractivity contribution in [3.05, 3.63) is 47.6 Å². The summed E-state index contributed by atoms with van der Waals surface area (Å²) >= 11 is 0. The molecule has 3 aromatic rings. The van der Waals surface area contributed by atoms with Crippen molar-refractivity contribution in [2.75, 3.05) is 25.4 Å². The van der Waals surface area contributed by atoms with Crippen LogP contribution in [0.1, 0.15) is 47.8 Å². The van der Waals surface area contributed by atoms with Crippen LogP contribution in [0.3, 0.4) is 0 Å². The zero-order valence-corrected chi connectivity index (χ0v) is 17.7. The number of amides is 1. The Kier molecular flexibility index (Phi) is 5.76. The van der Waals surface area contributed by atoms with Gasteiger partial charge in [-0.1, -0.05) is 35.5 Å². The van der Waals surface area contributed by atoms with Gasteiger partial charge >= 0.3 is 11.8 Å². The SMILES string of the molecule is Nc1nc(Cc2ccccc2)nc(-c2noc(C(=O)N3CCC(OCC4CC4)CC3)n2)n1.